The van der Waals surface area contributed by atoms with E-state index in [2.05, 4.69) is 14.9 Å². The first-order valence-electron chi connectivity index (χ1n) is 11.3. The molecule has 0 bridgehead atoms. The molecule has 8 heteroatoms. The Balaban J connectivity index is 1.35. The molecule has 1 atom stereocenters. The zero-order valence-corrected chi connectivity index (χ0v) is 18.6. The van der Waals surface area contributed by atoms with Crippen molar-refractivity contribution in [2.24, 2.45) is 0 Å². The van der Waals surface area contributed by atoms with Crippen LogP contribution in [0.1, 0.15) is 57.7 Å². The minimum absolute atomic E-state index is 0.0455. The van der Waals surface area contributed by atoms with E-state index >= 15 is 0 Å². The molecule has 2 aliphatic heterocycles. The minimum Gasteiger partial charge on any atom is -0.334 e. The topological polar surface area (TPSA) is 82.2 Å². The van der Waals surface area contributed by atoms with Crippen LogP contribution in [0.15, 0.2) is 47.3 Å². The molecular formula is C25H26FN5O2. The lowest BCUT2D eigenvalue weighted by atomic mass is 10.0. The monoisotopic (exact) mass is 447 g/mol. The molecule has 0 saturated carbocycles. The van der Waals surface area contributed by atoms with Crippen LogP contribution in [-0.2, 0) is 19.5 Å². The number of carbonyl (C=O) groups is 1. The Labute approximate surface area is 191 Å². The number of rotatable bonds is 4. The van der Waals surface area contributed by atoms with E-state index in [-0.39, 0.29) is 29.9 Å². The summed E-state index contributed by atoms with van der Waals surface area (Å²) in [5.74, 6) is 0.0989. The van der Waals surface area contributed by atoms with Crippen molar-refractivity contribution in [1.29, 1.82) is 0 Å². The predicted octanol–water partition coefficient (Wildman–Crippen LogP) is 3.15. The number of nitrogens with zero attached hydrogens (tertiary/aromatic N) is 4. The molecule has 0 radical (unpaired) electrons. The van der Waals surface area contributed by atoms with Crippen molar-refractivity contribution in [3.8, 4) is 0 Å². The van der Waals surface area contributed by atoms with Crippen LogP contribution in [0.5, 0.6) is 0 Å². The maximum atomic E-state index is 13.2. The van der Waals surface area contributed by atoms with E-state index in [1.54, 1.807) is 4.90 Å². The fourth-order valence-corrected chi connectivity index (χ4v) is 4.77. The summed E-state index contributed by atoms with van der Waals surface area (Å²) < 4.78 is 13.2. The smallest absolute Gasteiger partial charge is 0.256 e. The van der Waals surface area contributed by atoms with Crippen LogP contribution in [0.3, 0.4) is 0 Å². The maximum absolute atomic E-state index is 13.2. The van der Waals surface area contributed by atoms with Crippen molar-refractivity contribution in [2.75, 3.05) is 13.1 Å². The quantitative estimate of drug-likeness (QED) is 0.665. The molecule has 3 aromatic rings. The molecule has 0 aliphatic carbocycles. The Hall–Kier alpha value is -3.39. The number of nitrogens with one attached hydrogen (secondary N) is 1. The Bertz CT molecular complexity index is 1240. The lowest BCUT2D eigenvalue weighted by Crippen LogP contribution is -2.40. The van der Waals surface area contributed by atoms with E-state index in [0.29, 0.717) is 36.5 Å². The Morgan fingerprint density at radius 2 is 1.97 bits per heavy atom. The lowest BCUT2D eigenvalue weighted by Gasteiger charge is -2.29. The Kier molecular flexibility index (Phi) is 5.76. The van der Waals surface area contributed by atoms with Gasteiger partial charge < -0.3 is 9.88 Å². The number of carbonyl (C=O) groups excluding carboxylic acids is 1. The second kappa shape index (κ2) is 8.86. The van der Waals surface area contributed by atoms with Crippen molar-refractivity contribution < 1.29 is 9.18 Å². The molecule has 33 heavy (non-hydrogen) atoms. The highest BCUT2D eigenvalue weighted by atomic mass is 19.1. The third-order valence-electron chi connectivity index (χ3n) is 6.46. The number of pyridine rings is 1. The molecule has 4 heterocycles. The molecule has 1 fully saturated rings. The van der Waals surface area contributed by atoms with E-state index in [4.69, 9.17) is 4.98 Å². The van der Waals surface area contributed by atoms with Crippen molar-refractivity contribution in [3.63, 3.8) is 0 Å². The van der Waals surface area contributed by atoms with E-state index in [1.807, 2.05) is 25.1 Å². The van der Waals surface area contributed by atoms with Gasteiger partial charge >= 0.3 is 0 Å². The van der Waals surface area contributed by atoms with Crippen LogP contribution >= 0.6 is 0 Å². The third-order valence-corrected chi connectivity index (χ3v) is 6.46. The zero-order chi connectivity index (χ0) is 22.9. The van der Waals surface area contributed by atoms with Crippen LogP contribution in [-0.4, -0.2) is 43.7 Å². The van der Waals surface area contributed by atoms with Crippen LogP contribution in [0.25, 0.3) is 0 Å². The van der Waals surface area contributed by atoms with Gasteiger partial charge in [0.15, 0.2) is 0 Å². The number of benzene rings is 1. The number of aromatic amines is 1. The van der Waals surface area contributed by atoms with Gasteiger partial charge in [0, 0.05) is 30.8 Å². The van der Waals surface area contributed by atoms with Gasteiger partial charge in [-0.15, -0.1) is 0 Å². The molecule has 2 aliphatic rings. The number of likely N-dealkylation sites (tertiary alicyclic amines) is 1. The summed E-state index contributed by atoms with van der Waals surface area (Å²) in [5.41, 5.74) is 3.52. The second-order valence-electron chi connectivity index (χ2n) is 8.76. The Morgan fingerprint density at radius 1 is 1.15 bits per heavy atom. The molecular weight excluding hydrogens is 421 g/mol. The third kappa shape index (κ3) is 4.43. The van der Waals surface area contributed by atoms with E-state index < -0.39 is 0 Å². The molecule has 1 unspecified atom stereocenters. The van der Waals surface area contributed by atoms with E-state index in [1.165, 1.54) is 24.3 Å². The van der Waals surface area contributed by atoms with E-state index in [0.717, 1.165) is 36.5 Å². The van der Waals surface area contributed by atoms with Crippen LogP contribution in [0.4, 0.5) is 4.39 Å². The van der Waals surface area contributed by atoms with Crippen LogP contribution in [0.2, 0.25) is 0 Å². The minimum atomic E-state index is -0.386. The molecule has 0 spiro atoms. The summed E-state index contributed by atoms with van der Waals surface area (Å²) in [6.07, 6.45) is 2.49. The highest BCUT2D eigenvalue weighted by Crippen LogP contribution is 2.31. The summed E-state index contributed by atoms with van der Waals surface area (Å²) in [6, 6.07) is 11.5. The number of aromatic nitrogens is 3. The van der Waals surface area contributed by atoms with Gasteiger partial charge in [0.1, 0.15) is 11.6 Å². The van der Waals surface area contributed by atoms with Gasteiger partial charge in [-0.3, -0.25) is 19.5 Å². The fourth-order valence-electron chi connectivity index (χ4n) is 4.77. The maximum Gasteiger partial charge on any atom is 0.256 e. The summed E-state index contributed by atoms with van der Waals surface area (Å²) in [6.45, 7) is 4.31. The van der Waals surface area contributed by atoms with Gasteiger partial charge in [-0.05, 0) is 62.7 Å². The van der Waals surface area contributed by atoms with Gasteiger partial charge in [0.05, 0.1) is 29.5 Å². The standard InChI is InChI=1S/C25H26FN5O2/c1-16-4-2-5-19(27-16)14-30-12-3-6-22(30)23-28-21-11-13-31(15-20(21)24(32)29-23)25(33)17-7-9-18(26)10-8-17/h2,4-5,7-10,22H,3,6,11-15H2,1H3,(H,28,29,32). The molecule has 2 aromatic heterocycles. The van der Waals surface area contributed by atoms with Gasteiger partial charge in [0.2, 0.25) is 0 Å². The molecule has 1 amide bonds. The van der Waals surface area contributed by atoms with E-state index in [9.17, 15) is 14.0 Å². The SMILES string of the molecule is Cc1cccc(CN2CCCC2c2nc3c(c(=O)[nH]2)CN(C(=O)c2ccc(F)cc2)CC3)n1. The summed E-state index contributed by atoms with van der Waals surface area (Å²) in [4.78, 5) is 42.2. The summed E-state index contributed by atoms with van der Waals surface area (Å²) >= 11 is 0. The first kappa shape index (κ1) is 21.5. The number of halogens is 1. The van der Waals surface area contributed by atoms with Crippen molar-refractivity contribution in [2.45, 2.75) is 45.3 Å². The average molecular weight is 448 g/mol. The number of H-pyrrole nitrogens is 1. The average Bonchev–Trinajstić information content (AvgIpc) is 3.27. The number of amides is 1. The number of fused-ring (bicyclic) bond motifs is 1. The summed E-state index contributed by atoms with van der Waals surface area (Å²) in [5, 5.41) is 0. The van der Waals surface area contributed by atoms with Crippen molar-refractivity contribution >= 4 is 5.91 Å². The van der Waals surface area contributed by atoms with Gasteiger partial charge in [-0.25, -0.2) is 9.37 Å². The number of aryl methyl sites for hydroxylation is 1. The zero-order valence-electron chi connectivity index (χ0n) is 18.6. The highest BCUT2D eigenvalue weighted by Gasteiger charge is 2.31. The molecule has 1 N–H and O–H groups in total. The fraction of sp³-hybridized carbons (Fsp3) is 0.360. The lowest BCUT2D eigenvalue weighted by molar-refractivity contribution is 0.0732. The number of hydrogen-bond donors (Lipinski definition) is 1. The molecule has 7 nitrogen and oxygen atoms in total. The second-order valence-corrected chi connectivity index (χ2v) is 8.76. The highest BCUT2D eigenvalue weighted by molar-refractivity contribution is 5.94. The van der Waals surface area contributed by atoms with Crippen molar-refractivity contribution in [3.05, 3.63) is 92.7 Å². The predicted molar refractivity (Wildman–Crippen MR) is 121 cm³/mol. The first-order chi connectivity index (χ1) is 16.0. The molecule has 170 valence electrons. The van der Waals surface area contributed by atoms with Crippen molar-refractivity contribution in [1.82, 2.24) is 24.8 Å². The molecule has 5 rings (SSSR count). The van der Waals surface area contributed by atoms with Crippen LogP contribution in [0, 0.1) is 12.7 Å². The summed E-state index contributed by atoms with van der Waals surface area (Å²) in [7, 11) is 0. The van der Waals surface area contributed by atoms with Gasteiger partial charge in [0.25, 0.3) is 11.5 Å². The molecule has 1 saturated heterocycles. The normalized spacial score (nSPS) is 18.4. The first-order valence-corrected chi connectivity index (χ1v) is 11.3. The van der Waals surface area contributed by atoms with Crippen LogP contribution < -0.4 is 5.56 Å². The molecule has 1 aromatic carbocycles. The number of hydrogen-bond acceptors (Lipinski definition) is 5. The Morgan fingerprint density at radius 3 is 2.76 bits per heavy atom. The van der Waals surface area contributed by atoms with Gasteiger partial charge in [-0.1, -0.05) is 6.07 Å². The van der Waals surface area contributed by atoms with Gasteiger partial charge in [-0.2, -0.15) is 0 Å². The largest absolute Gasteiger partial charge is 0.334 e.